The first-order valence-corrected chi connectivity index (χ1v) is 8.01. The molecule has 2 rings (SSSR count). The molecule has 1 heterocycles. The molecule has 1 aromatic carbocycles. The van der Waals surface area contributed by atoms with Crippen LogP contribution in [0.5, 0.6) is 17.2 Å². The maximum Gasteiger partial charge on any atom is 0.328 e. The molecule has 156 valence electrons. The van der Waals surface area contributed by atoms with Gasteiger partial charge in [0, 0.05) is 30.3 Å². The van der Waals surface area contributed by atoms with Crippen LogP contribution in [-0.4, -0.2) is 53.4 Å². The van der Waals surface area contributed by atoms with Crippen LogP contribution >= 0.6 is 0 Å². The highest BCUT2D eigenvalue weighted by molar-refractivity contribution is 5.89. The molecule has 11 heteroatoms. The summed E-state index contributed by atoms with van der Waals surface area (Å²) < 4.78 is 15.9. The highest BCUT2D eigenvalue weighted by Crippen LogP contribution is 2.38. The summed E-state index contributed by atoms with van der Waals surface area (Å²) >= 11 is 0. The van der Waals surface area contributed by atoms with Crippen molar-refractivity contribution in [1.29, 1.82) is 0 Å². The molecule has 0 aliphatic rings. The number of carboxylic acid groups (broad SMARTS) is 2. The van der Waals surface area contributed by atoms with E-state index in [-0.39, 0.29) is 5.95 Å². The van der Waals surface area contributed by atoms with Gasteiger partial charge in [-0.05, 0) is 17.7 Å². The van der Waals surface area contributed by atoms with E-state index < -0.39 is 11.9 Å². The molecule has 0 spiro atoms. The summed E-state index contributed by atoms with van der Waals surface area (Å²) in [6, 6.07) is 3.72. The molecule has 11 nitrogen and oxygen atoms in total. The van der Waals surface area contributed by atoms with E-state index in [2.05, 4.69) is 9.97 Å². The lowest BCUT2D eigenvalue weighted by atomic mass is 10.1. The fraction of sp³-hybridized carbons (Fsp3) is 0.222. The topological polar surface area (TPSA) is 180 Å². The zero-order valence-corrected chi connectivity index (χ0v) is 16.1. The lowest BCUT2D eigenvalue weighted by molar-refractivity contribution is -0.134. The summed E-state index contributed by atoms with van der Waals surface area (Å²) in [6.07, 6.45) is 3.26. The number of aliphatic carboxylic acids is 2. The van der Waals surface area contributed by atoms with Gasteiger partial charge in [-0.3, -0.25) is 0 Å². The number of nitrogens with two attached hydrogens (primary N) is 2. The Morgan fingerprint density at radius 3 is 1.90 bits per heavy atom. The van der Waals surface area contributed by atoms with Crippen molar-refractivity contribution in [3.05, 3.63) is 41.6 Å². The van der Waals surface area contributed by atoms with Crippen LogP contribution in [0, 0.1) is 0 Å². The third kappa shape index (κ3) is 7.25. The van der Waals surface area contributed by atoms with Crippen LogP contribution in [0.2, 0.25) is 0 Å². The lowest BCUT2D eigenvalue weighted by Gasteiger charge is -2.14. The van der Waals surface area contributed by atoms with Crippen molar-refractivity contribution in [1.82, 2.24) is 9.97 Å². The van der Waals surface area contributed by atoms with Crippen LogP contribution in [0.1, 0.15) is 11.1 Å². The van der Waals surface area contributed by atoms with E-state index in [0.29, 0.717) is 41.6 Å². The van der Waals surface area contributed by atoms with Gasteiger partial charge in [0.15, 0.2) is 11.5 Å². The van der Waals surface area contributed by atoms with Crippen molar-refractivity contribution in [3.63, 3.8) is 0 Å². The second kappa shape index (κ2) is 11.0. The lowest BCUT2D eigenvalue weighted by Crippen LogP contribution is -2.04. The molecule has 0 saturated carbocycles. The number of carbonyl (C=O) groups is 2. The average molecular weight is 406 g/mol. The maximum absolute atomic E-state index is 9.55. The predicted octanol–water partition coefficient (Wildman–Crippen LogP) is 0.969. The highest BCUT2D eigenvalue weighted by atomic mass is 16.5. The summed E-state index contributed by atoms with van der Waals surface area (Å²) in [6.45, 7) is 0. The van der Waals surface area contributed by atoms with Gasteiger partial charge in [-0.2, -0.15) is 4.98 Å². The molecule has 0 bridgehead atoms. The number of aromatic nitrogens is 2. The van der Waals surface area contributed by atoms with Gasteiger partial charge < -0.3 is 35.9 Å². The molecule has 0 aliphatic carbocycles. The molecular formula is C18H22N4O7. The van der Waals surface area contributed by atoms with Gasteiger partial charge in [0.25, 0.3) is 0 Å². The van der Waals surface area contributed by atoms with Crippen LogP contribution in [0.15, 0.2) is 30.5 Å². The standard InChI is InChI=1S/C14H18N4O3.C4H4O4/c1-19-10-5-8(6-11(20-2)12(10)21-3)4-9-7-17-14(16)18-13(9)15;5-3(6)1-2-4(7)8/h5-7H,4H2,1-3H3,(H4,15,16,17,18);1-2H,(H,5,6)(H,7,8)/b;2-1-. The Balaban J connectivity index is 0.000000447. The summed E-state index contributed by atoms with van der Waals surface area (Å²) in [5.41, 5.74) is 13.1. The summed E-state index contributed by atoms with van der Waals surface area (Å²) in [5, 5.41) is 15.6. The number of ether oxygens (including phenoxy) is 3. The van der Waals surface area contributed by atoms with Crippen LogP contribution in [0.3, 0.4) is 0 Å². The molecule has 2 aromatic rings. The van der Waals surface area contributed by atoms with E-state index in [4.69, 9.17) is 35.9 Å². The number of hydrogen-bond acceptors (Lipinski definition) is 9. The molecule has 29 heavy (non-hydrogen) atoms. The number of methoxy groups -OCH3 is 3. The van der Waals surface area contributed by atoms with Gasteiger partial charge in [-0.25, -0.2) is 14.6 Å². The van der Waals surface area contributed by atoms with Crippen molar-refractivity contribution in [2.24, 2.45) is 0 Å². The Morgan fingerprint density at radius 2 is 1.52 bits per heavy atom. The van der Waals surface area contributed by atoms with Gasteiger partial charge in [0.05, 0.1) is 21.3 Å². The van der Waals surface area contributed by atoms with E-state index in [1.54, 1.807) is 27.5 Å². The van der Waals surface area contributed by atoms with Crippen molar-refractivity contribution in [2.75, 3.05) is 32.8 Å². The molecule has 0 unspecified atom stereocenters. The van der Waals surface area contributed by atoms with E-state index in [1.807, 2.05) is 12.1 Å². The van der Waals surface area contributed by atoms with Gasteiger partial charge in [0.2, 0.25) is 11.7 Å². The van der Waals surface area contributed by atoms with E-state index >= 15 is 0 Å². The molecule has 0 radical (unpaired) electrons. The van der Waals surface area contributed by atoms with E-state index in [1.165, 1.54) is 0 Å². The molecule has 0 amide bonds. The molecule has 1 aromatic heterocycles. The Bertz CT molecular complexity index is 859. The molecule has 0 saturated heterocycles. The van der Waals surface area contributed by atoms with Gasteiger partial charge >= 0.3 is 11.9 Å². The quantitative estimate of drug-likeness (QED) is 0.481. The van der Waals surface area contributed by atoms with Crippen LogP contribution < -0.4 is 25.7 Å². The average Bonchev–Trinajstić information content (AvgIpc) is 2.68. The smallest absolute Gasteiger partial charge is 0.328 e. The second-order valence-electron chi connectivity index (χ2n) is 5.36. The minimum Gasteiger partial charge on any atom is -0.493 e. The normalized spacial score (nSPS) is 10.0. The summed E-state index contributed by atoms with van der Waals surface area (Å²) in [7, 11) is 4.70. The molecular weight excluding hydrogens is 384 g/mol. The number of rotatable bonds is 7. The van der Waals surface area contributed by atoms with Crippen molar-refractivity contribution in [2.45, 2.75) is 6.42 Å². The predicted molar refractivity (Wildman–Crippen MR) is 104 cm³/mol. The molecule has 0 fully saturated rings. The Labute approximate surface area is 166 Å². The Morgan fingerprint density at radius 1 is 1.00 bits per heavy atom. The fourth-order valence-electron chi connectivity index (χ4n) is 2.17. The summed E-state index contributed by atoms with van der Waals surface area (Å²) in [4.78, 5) is 27.0. The fourth-order valence-corrected chi connectivity index (χ4v) is 2.17. The SMILES string of the molecule is COc1cc(Cc2cnc(N)nc2N)cc(OC)c1OC.O=C(O)/C=C\C(=O)O. The largest absolute Gasteiger partial charge is 0.493 e. The first-order chi connectivity index (χ1) is 13.7. The number of anilines is 2. The summed E-state index contributed by atoms with van der Waals surface area (Å²) in [5.74, 6) is -0.286. The van der Waals surface area contributed by atoms with E-state index in [9.17, 15) is 9.59 Å². The minimum absolute atomic E-state index is 0.154. The maximum atomic E-state index is 9.55. The first kappa shape index (κ1) is 23.0. The first-order valence-electron chi connectivity index (χ1n) is 8.01. The Hall–Kier alpha value is -4.02. The van der Waals surface area contributed by atoms with Crippen LogP contribution in [0.25, 0.3) is 0 Å². The molecule has 6 N–H and O–H groups in total. The second-order valence-corrected chi connectivity index (χ2v) is 5.36. The van der Waals surface area contributed by atoms with Crippen LogP contribution in [0.4, 0.5) is 11.8 Å². The number of hydrogen-bond donors (Lipinski definition) is 4. The van der Waals surface area contributed by atoms with Crippen molar-refractivity contribution < 1.29 is 34.0 Å². The van der Waals surface area contributed by atoms with Crippen molar-refractivity contribution in [3.8, 4) is 17.2 Å². The van der Waals surface area contributed by atoms with E-state index in [0.717, 1.165) is 11.1 Å². The van der Waals surface area contributed by atoms with Gasteiger partial charge in [0.1, 0.15) is 5.82 Å². The highest BCUT2D eigenvalue weighted by Gasteiger charge is 2.14. The van der Waals surface area contributed by atoms with Gasteiger partial charge in [-0.1, -0.05) is 0 Å². The third-order valence-electron chi connectivity index (χ3n) is 3.40. The number of benzene rings is 1. The Kier molecular flexibility index (Phi) is 8.71. The number of nitrogens with zero attached hydrogens (tertiary/aromatic N) is 2. The molecule has 0 aliphatic heterocycles. The van der Waals surface area contributed by atoms with Crippen LogP contribution in [-0.2, 0) is 16.0 Å². The minimum atomic E-state index is -1.26. The van der Waals surface area contributed by atoms with Gasteiger partial charge in [-0.15, -0.1) is 0 Å². The zero-order valence-electron chi connectivity index (χ0n) is 16.1. The number of carboxylic acids is 2. The molecule has 0 atom stereocenters. The van der Waals surface area contributed by atoms with Crippen molar-refractivity contribution >= 4 is 23.7 Å². The zero-order chi connectivity index (χ0) is 22.0. The number of nitrogen functional groups attached to an aromatic ring is 2. The monoisotopic (exact) mass is 406 g/mol. The third-order valence-corrected chi connectivity index (χ3v) is 3.40.